The Labute approximate surface area is 157 Å². The van der Waals surface area contributed by atoms with Gasteiger partial charge < -0.3 is 4.74 Å². The minimum atomic E-state index is -4.81. The van der Waals surface area contributed by atoms with Gasteiger partial charge in [0.1, 0.15) is 5.82 Å². The summed E-state index contributed by atoms with van der Waals surface area (Å²) in [5, 5.41) is 4.12. The van der Waals surface area contributed by atoms with Crippen LogP contribution in [-0.2, 0) is 10.9 Å². The van der Waals surface area contributed by atoms with Gasteiger partial charge in [-0.3, -0.25) is 4.98 Å². The van der Waals surface area contributed by atoms with E-state index in [4.69, 9.17) is 4.74 Å². The van der Waals surface area contributed by atoms with Crippen molar-refractivity contribution in [3.05, 3.63) is 65.4 Å². The van der Waals surface area contributed by atoms with Gasteiger partial charge in [0.2, 0.25) is 0 Å². The Morgan fingerprint density at radius 3 is 2.57 bits per heavy atom. The summed E-state index contributed by atoms with van der Waals surface area (Å²) in [5.41, 5.74) is 0.338. The molecule has 2 aromatic heterocycles. The van der Waals surface area contributed by atoms with E-state index in [0.717, 1.165) is 17.7 Å². The summed E-state index contributed by atoms with van der Waals surface area (Å²) in [6.07, 6.45) is -1.71. The first-order valence-electron chi connectivity index (χ1n) is 8.27. The molecule has 0 aliphatic carbocycles. The first-order valence-corrected chi connectivity index (χ1v) is 8.27. The Morgan fingerprint density at radius 2 is 1.96 bits per heavy atom. The number of alkyl halides is 3. The molecule has 0 bridgehead atoms. The number of ether oxygens (including phenoxy) is 1. The molecule has 146 valence electrons. The van der Waals surface area contributed by atoms with Gasteiger partial charge in [-0.1, -0.05) is 0 Å². The van der Waals surface area contributed by atoms with E-state index in [-0.39, 0.29) is 18.0 Å². The minimum Gasteiger partial charge on any atom is -0.461 e. The van der Waals surface area contributed by atoms with Crippen LogP contribution in [0, 0.1) is 12.7 Å². The van der Waals surface area contributed by atoms with E-state index in [1.165, 1.54) is 16.9 Å². The topological polar surface area (TPSA) is 57.0 Å². The van der Waals surface area contributed by atoms with E-state index in [2.05, 4.69) is 10.1 Å². The zero-order valence-corrected chi connectivity index (χ0v) is 14.9. The highest BCUT2D eigenvalue weighted by Crippen LogP contribution is 2.33. The molecule has 9 heteroatoms. The molecule has 0 aliphatic rings. The number of carbonyl (C=O) groups excluding carboxylic acids is 1. The van der Waals surface area contributed by atoms with Crippen LogP contribution in [0.3, 0.4) is 0 Å². The Morgan fingerprint density at radius 1 is 1.21 bits per heavy atom. The SMILES string of the molecule is CCOC(=O)c1cc(-c2cnccc2C)n(-c2ccc(C(F)(F)F)c(F)c2)n1. The second-order valence-corrected chi connectivity index (χ2v) is 5.90. The first kappa shape index (κ1) is 19.5. The second kappa shape index (κ2) is 7.41. The highest BCUT2D eigenvalue weighted by atomic mass is 19.4. The molecular weight excluding hydrogens is 378 g/mol. The van der Waals surface area contributed by atoms with Crippen molar-refractivity contribution in [1.29, 1.82) is 0 Å². The maximum absolute atomic E-state index is 14.1. The number of esters is 1. The van der Waals surface area contributed by atoms with Crippen molar-refractivity contribution in [2.24, 2.45) is 0 Å². The van der Waals surface area contributed by atoms with Crippen LogP contribution in [0.2, 0.25) is 0 Å². The summed E-state index contributed by atoms with van der Waals surface area (Å²) >= 11 is 0. The number of aryl methyl sites for hydroxylation is 1. The Bertz CT molecular complexity index is 1030. The van der Waals surface area contributed by atoms with Crippen LogP contribution < -0.4 is 0 Å². The number of aromatic nitrogens is 3. The Kier molecular flexibility index (Phi) is 5.17. The van der Waals surface area contributed by atoms with Gasteiger partial charge >= 0.3 is 12.1 Å². The molecule has 5 nitrogen and oxygen atoms in total. The smallest absolute Gasteiger partial charge is 0.419 e. The fourth-order valence-electron chi connectivity index (χ4n) is 2.67. The van der Waals surface area contributed by atoms with Gasteiger partial charge in [0.05, 0.1) is 23.6 Å². The molecule has 2 heterocycles. The average Bonchev–Trinajstić information content (AvgIpc) is 3.06. The molecule has 28 heavy (non-hydrogen) atoms. The number of halogens is 4. The van der Waals surface area contributed by atoms with Gasteiger partial charge in [0.25, 0.3) is 0 Å². The third kappa shape index (κ3) is 3.73. The Balaban J connectivity index is 2.18. The third-order valence-corrected chi connectivity index (χ3v) is 4.01. The van der Waals surface area contributed by atoms with Crippen molar-refractivity contribution < 1.29 is 27.1 Å². The number of hydrogen-bond acceptors (Lipinski definition) is 4. The van der Waals surface area contributed by atoms with Gasteiger partial charge in [0.15, 0.2) is 5.69 Å². The van der Waals surface area contributed by atoms with E-state index in [0.29, 0.717) is 17.3 Å². The predicted octanol–water partition coefficient (Wildman–Crippen LogP) is 4.58. The quantitative estimate of drug-likeness (QED) is 0.481. The first-order chi connectivity index (χ1) is 13.2. The molecule has 0 unspecified atom stereocenters. The summed E-state index contributed by atoms with van der Waals surface area (Å²) < 4.78 is 58.7. The molecule has 0 saturated carbocycles. The maximum Gasteiger partial charge on any atom is 0.419 e. The number of nitrogens with zero attached hydrogens (tertiary/aromatic N) is 3. The van der Waals surface area contributed by atoms with Crippen LogP contribution in [0.5, 0.6) is 0 Å². The van der Waals surface area contributed by atoms with Crippen molar-refractivity contribution in [2.45, 2.75) is 20.0 Å². The monoisotopic (exact) mass is 393 g/mol. The van der Waals surface area contributed by atoms with E-state index < -0.39 is 23.5 Å². The van der Waals surface area contributed by atoms with Gasteiger partial charge in [0, 0.05) is 24.0 Å². The lowest BCUT2D eigenvalue weighted by Crippen LogP contribution is -2.10. The van der Waals surface area contributed by atoms with Crippen LogP contribution in [0.25, 0.3) is 16.9 Å². The Hall–Kier alpha value is -3.23. The lowest BCUT2D eigenvalue weighted by atomic mass is 10.1. The van der Waals surface area contributed by atoms with Crippen LogP contribution in [0.15, 0.2) is 42.7 Å². The summed E-state index contributed by atoms with van der Waals surface area (Å²) in [6, 6.07) is 5.60. The van der Waals surface area contributed by atoms with Crippen molar-refractivity contribution in [2.75, 3.05) is 6.61 Å². The van der Waals surface area contributed by atoms with Crippen LogP contribution in [-0.4, -0.2) is 27.3 Å². The highest BCUT2D eigenvalue weighted by molar-refractivity contribution is 5.89. The molecule has 0 saturated heterocycles. The summed E-state index contributed by atoms with van der Waals surface area (Å²) in [5.74, 6) is -2.14. The molecule has 3 aromatic rings. The van der Waals surface area contributed by atoms with Crippen LogP contribution >= 0.6 is 0 Å². The van der Waals surface area contributed by atoms with Crippen molar-refractivity contribution in [1.82, 2.24) is 14.8 Å². The molecule has 0 amide bonds. The molecule has 3 rings (SSSR count). The number of pyridine rings is 1. The van der Waals surface area contributed by atoms with E-state index in [9.17, 15) is 22.4 Å². The average molecular weight is 393 g/mol. The van der Waals surface area contributed by atoms with Crippen molar-refractivity contribution in [3.8, 4) is 16.9 Å². The van der Waals surface area contributed by atoms with Crippen LogP contribution in [0.1, 0.15) is 28.5 Å². The molecule has 0 radical (unpaired) electrons. The number of carbonyl (C=O) groups is 1. The van der Waals surface area contributed by atoms with Gasteiger partial charge in [-0.2, -0.15) is 18.3 Å². The largest absolute Gasteiger partial charge is 0.461 e. The molecule has 0 aliphatic heterocycles. The van der Waals surface area contributed by atoms with Crippen molar-refractivity contribution in [3.63, 3.8) is 0 Å². The fourth-order valence-corrected chi connectivity index (χ4v) is 2.67. The molecule has 0 spiro atoms. The summed E-state index contributed by atoms with van der Waals surface area (Å²) in [4.78, 5) is 16.1. The van der Waals surface area contributed by atoms with Gasteiger partial charge in [-0.25, -0.2) is 13.9 Å². The normalized spacial score (nSPS) is 11.5. The molecule has 0 atom stereocenters. The highest BCUT2D eigenvalue weighted by Gasteiger charge is 2.34. The zero-order chi connectivity index (χ0) is 20.5. The standard InChI is InChI=1S/C19H15F4N3O2/c1-3-28-18(27)16-9-17(13-10-24-7-6-11(13)2)26(25-16)12-4-5-14(15(20)8-12)19(21,22)23/h4-10H,3H2,1-2H3. The fraction of sp³-hybridized carbons (Fsp3) is 0.211. The molecule has 0 N–H and O–H groups in total. The summed E-state index contributed by atoms with van der Waals surface area (Å²) in [7, 11) is 0. The number of benzene rings is 1. The van der Waals surface area contributed by atoms with Gasteiger partial charge in [-0.05, 0) is 43.7 Å². The maximum atomic E-state index is 14.1. The van der Waals surface area contributed by atoms with Crippen molar-refractivity contribution >= 4 is 5.97 Å². The lowest BCUT2D eigenvalue weighted by molar-refractivity contribution is -0.140. The minimum absolute atomic E-state index is 0.0271. The molecular formula is C19H15F4N3O2. The predicted molar refractivity (Wildman–Crippen MR) is 92.4 cm³/mol. The zero-order valence-electron chi connectivity index (χ0n) is 14.9. The van der Waals surface area contributed by atoms with E-state index >= 15 is 0 Å². The van der Waals surface area contributed by atoms with Gasteiger partial charge in [-0.15, -0.1) is 0 Å². The number of hydrogen-bond donors (Lipinski definition) is 0. The lowest BCUT2D eigenvalue weighted by Gasteiger charge is -2.12. The van der Waals surface area contributed by atoms with E-state index in [1.807, 2.05) is 0 Å². The molecule has 1 aromatic carbocycles. The third-order valence-electron chi connectivity index (χ3n) is 4.01. The number of rotatable bonds is 4. The van der Waals surface area contributed by atoms with E-state index in [1.54, 1.807) is 26.1 Å². The summed E-state index contributed by atoms with van der Waals surface area (Å²) in [6.45, 7) is 3.56. The van der Waals surface area contributed by atoms with Crippen LogP contribution in [0.4, 0.5) is 17.6 Å². The molecule has 0 fully saturated rings. The second-order valence-electron chi connectivity index (χ2n) is 5.90.